The lowest BCUT2D eigenvalue weighted by molar-refractivity contribution is -0.870. The van der Waals surface area contributed by atoms with Gasteiger partial charge in [0.25, 0.3) is 7.82 Å². The van der Waals surface area contributed by atoms with Gasteiger partial charge in [-0.05, 0) is 6.42 Å². The maximum absolute atomic E-state index is 11.7. The SMILES string of the molecule is CCCCCCCCCCCCCCCCCC1COC(COOP(=O)([O-])OCC[N+](C)(C)C)CO1. The van der Waals surface area contributed by atoms with E-state index in [4.69, 9.17) is 18.9 Å². The molecule has 9 heteroatoms. The number of ether oxygens (including phenoxy) is 2. The van der Waals surface area contributed by atoms with Crippen molar-refractivity contribution in [3.8, 4) is 0 Å². The normalized spacial score (nSPS) is 20.5. The number of rotatable bonds is 24. The second-order valence-electron chi connectivity index (χ2n) is 11.3. The van der Waals surface area contributed by atoms with Gasteiger partial charge in [0, 0.05) is 0 Å². The molecule has 36 heavy (non-hydrogen) atoms. The van der Waals surface area contributed by atoms with Gasteiger partial charge >= 0.3 is 0 Å². The van der Waals surface area contributed by atoms with Crippen molar-refractivity contribution in [2.24, 2.45) is 0 Å². The summed E-state index contributed by atoms with van der Waals surface area (Å²) < 4.78 is 33.2. The van der Waals surface area contributed by atoms with Crippen LogP contribution in [0.3, 0.4) is 0 Å². The average molecular weight is 538 g/mol. The fourth-order valence-corrected chi connectivity index (χ4v) is 4.75. The van der Waals surface area contributed by atoms with Gasteiger partial charge in [-0.3, -0.25) is 4.57 Å². The maximum Gasteiger partial charge on any atom is 0.298 e. The molecule has 1 rings (SSSR count). The Bertz CT molecular complexity index is 551. The molecule has 1 fully saturated rings. The molecule has 0 radical (unpaired) electrons. The van der Waals surface area contributed by atoms with Gasteiger partial charge in [-0.2, -0.15) is 4.67 Å². The highest BCUT2D eigenvalue weighted by Gasteiger charge is 2.23. The van der Waals surface area contributed by atoms with E-state index in [0.29, 0.717) is 24.2 Å². The molecule has 0 amide bonds. The molecule has 0 N–H and O–H groups in total. The Kier molecular flexibility index (Phi) is 19.7. The predicted molar refractivity (Wildman–Crippen MR) is 143 cm³/mol. The van der Waals surface area contributed by atoms with E-state index >= 15 is 0 Å². The first-order chi connectivity index (χ1) is 17.2. The summed E-state index contributed by atoms with van der Waals surface area (Å²) in [4.78, 5) is 16.5. The molecule has 0 aromatic carbocycles. The van der Waals surface area contributed by atoms with Crippen molar-refractivity contribution < 1.29 is 37.5 Å². The standard InChI is InChI=1S/C27H56NO7P/c1-5-6-7-8-9-10-11-12-13-14-15-16-17-18-19-20-26-23-32-27(24-31-26)25-33-35-36(29,30)34-22-21-28(2,3)4/h26-27H,5-25H2,1-4H3. The summed E-state index contributed by atoms with van der Waals surface area (Å²) in [5.41, 5.74) is 0. The molecule has 0 aromatic heterocycles. The lowest BCUT2D eigenvalue weighted by Gasteiger charge is -2.30. The van der Waals surface area contributed by atoms with Crippen LogP contribution in [0.4, 0.5) is 0 Å². The van der Waals surface area contributed by atoms with Crippen LogP contribution >= 0.6 is 7.82 Å². The molecular weight excluding hydrogens is 481 g/mol. The molecule has 3 unspecified atom stereocenters. The molecule has 8 nitrogen and oxygen atoms in total. The van der Waals surface area contributed by atoms with Crippen LogP contribution in [-0.2, 0) is 28.1 Å². The molecule has 0 saturated carbocycles. The minimum absolute atomic E-state index is 0.0173. The van der Waals surface area contributed by atoms with Gasteiger partial charge in [-0.15, -0.1) is 0 Å². The minimum Gasteiger partial charge on any atom is -0.754 e. The second-order valence-corrected chi connectivity index (χ2v) is 12.6. The van der Waals surface area contributed by atoms with Gasteiger partial charge in [0.05, 0.1) is 40.5 Å². The first-order valence-corrected chi connectivity index (χ1v) is 16.0. The van der Waals surface area contributed by atoms with Crippen molar-refractivity contribution in [2.45, 2.75) is 122 Å². The maximum atomic E-state index is 11.7. The molecule has 0 aromatic rings. The van der Waals surface area contributed by atoms with Crippen LogP contribution in [0.1, 0.15) is 110 Å². The summed E-state index contributed by atoms with van der Waals surface area (Å²) in [6, 6.07) is 0. The van der Waals surface area contributed by atoms with Crippen LogP contribution in [0.5, 0.6) is 0 Å². The molecule has 1 heterocycles. The molecule has 1 saturated heterocycles. The highest BCUT2D eigenvalue weighted by Crippen LogP contribution is 2.38. The molecule has 3 atom stereocenters. The minimum atomic E-state index is -4.48. The Hall–Kier alpha value is -0.0500. The van der Waals surface area contributed by atoms with Crippen molar-refractivity contribution in [3.63, 3.8) is 0 Å². The highest BCUT2D eigenvalue weighted by molar-refractivity contribution is 7.45. The Morgan fingerprint density at radius 2 is 1.25 bits per heavy atom. The zero-order valence-electron chi connectivity index (χ0n) is 23.8. The van der Waals surface area contributed by atoms with E-state index in [1.165, 1.54) is 89.9 Å². The van der Waals surface area contributed by atoms with Crippen LogP contribution in [0.15, 0.2) is 0 Å². The van der Waals surface area contributed by atoms with E-state index in [9.17, 15) is 9.46 Å². The smallest absolute Gasteiger partial charge is 0.298 e. The monoisotopic (exact) mass is 537 g/mol. The number of hydrogen-bond donors (Lipinski definition) is 0. The summed E-state index contributed by atoms with van der Waals surface area (Å²) in [5, 5.41) is 0. The van der Waals surface area contributed by atoms with Gasteiger partial charge < -0.3 is 23.4 Å². The van der Waals surface area contributed by atoms with Crippen molar-refractivity contribution in [1.82, 2.24) is 0 Å². The molecular formula is C27H56NO7P. The third-order valence-corrected chi connectivity index (χ3v) is 7.36. The van der Waals surface area contributed by atoms with Gasteiger partial charge in [-0.25, -0.2) is 4.89 Å². The van der Waals surface area contributed by atoms with E-state index in [1.54, 1.807) is 0 Å². The number of likely N-dealkylation sites (N-methyl/N-ethyl adjacent to an activating group) is 1. The van der Waals surface area contributed by atoms with Crippen LogP contribution in [-0.4, -0.2) is 70.8 Å². The van der Waals surface area contributed by atoms with Gasteiger partial charge in [-0.1, -0.05) is 103 Å². The molecule has 1 aliphatic heterocycles. The van der Waals surface area contributed by atoms with Crippen molar-refractivity contribution in [3.05, 3.63) is 0 Å². The quantitative estimate of drug-likeness (QED) is 0.0478. The molecule has 0 bridgehead atoms. The number of quaternary nitrogens is 1. The molecule has 1 aliphatic rings. The van der Waals surface area contributed by atoms with Gasteiger partial charge in [0.1, 0.15) is 25.9 Å². The summed E-state index contributed by atoms with van der Waals surface area (Å²) in [5.74, 6) is 0. The number of phosphoric ester groups is 1. The lowest BCUT2D eigenvalue weighted by atomic mass is 10.0. The van der Waals surface area contributed by atoms with E-state index in [2.05, 4.69) is 11.6 Å². The fourth-order valence-electron chi connectivity index (χ4n) is 4.21. The van der Waals surface area contributed by atoms with Gasteiger partial charge in [0.2, 0.25) is 0 Å². The number of nitrogens with zero attached hydrogens (tertiary/aromatic N) is 1. The zero-order chi connectivity index (χ0) is 26.5. The number of phosphoric acid groups is 1. The number of hydrogen-bond acceptors (Lipinski definition) is 7. The first kappa shape index (κ1) is 34.0. The van der Waals surface area contributed by atoms with E-state index < -0.39 is 7.82 Å². The third-order valence-electron chi connectivity index (χ3n) is 6.57. The zero-order valence-corrected chi connectivity index (χ0v) is 24.7. The Morgan fingerprint density at radius 1 is 0.778 bits per heavy atom. The largest absolute Gasteiger partial charge is 0.754 e. The van der Waals surface area contributed by atoms with Crippen molar-refractivity contribution >= 4 is 7.82 Å². The van der Waals surface area contributed by atoms with E-state index in [1.807, 2.05) is 21.1 Å². The number of unbranched alkanes of at least 4 members (excludes halogenated alkanes) is 14. The summed E-state index contributed by atoms with van der Waals surface area (Å²) >= 11 is 0. The average Bonchev–Trinajstić information content (AvgIpc) is 2.81. The topological polar surface area (TPSA) is 86.3 Å². The summed E-state index contributed by atoms with van der Waals surface area (Å²) in [6.07, 6.45) is 21.2. The molecule has 216 valence electrons. The van der Waals surface area contributed by atoms with Crippen LogP contribution in [0.25, 0.3) is 0 Å². The lowest BCUT2D eigenvalue weighted by Crippen LogP contribution is -2.38. The Labute approximate surface area is 221 Å². The van der Waals surface area contributed by atoms with E-state index in [0.717, 1.165) is 12.8 Å². The highest BCUT2D eigenvalue weighted by atomic mass is 31.2. The van der Waals surface area contributed by atoms with Crippen molar-refractivity contribution in [1.29, 1.82) is 0 Å². The Morgan fingerprint density at radius 3 is 1.72 bits per heavy atom. The summed E-state index contributed by atoms with van der Waals surface area (Å²) in [7, 11) is 1.37. The molecule has 0 spiro atoms. The second kappa shape index (κ2) is 20.9. The van der Waals surface area contributed by atoms with Gasteiger partial charge in [0.15, 0.2) is 0 Å². The van der Waals surface area contributed by atoms with Crippen LogP contribution in [0.2, 0.25) is 0 Å². The predicted octanol–water partition coefficient (Wildman–Crippen LogP) is 6.17. The van der Waals surface area contributed by atoms with Crippen molar-refractivity contribution in [2.75, 3.05) is 54.1 Å². The van der Waals surface area contributed by atoms with E-state index in [-0.39, 0.29) is 25.4 Å². The fraction of sp³-hybridized carbons (Fsp3) is 1.00. The van der Waals surface area contributed by atoms with Crippen LogP contribution < -0.4 is 4.89 Å². The van der Waals surface area contributed by atoms with Crippen LogP contribution in [0, 0.1) is 0 Å². The summed E-state index contributed by atoms with van der Waals surface area (Å²) in [6.45, 7) is 3.71. The third kappa shape index (κ3) is 20.9. The molecule has 0 aliphatic carbocycles. The Balaban J connectivity index is 1.88. The first-order valence-electron chi connectivity index (χ1n) is 14.5.